The van der Waals surface area contributed by atoms with E-state index in [1.807, 2.05) is 0 Å². The van der Waals surface area contributed by atoms with E-state index >= 15 is 0 Å². The Kier molecular flexibility index (Phi) is 13.8. The molecule has 7 N–H and O–H groups in total. The summed E-state index contributed by atoms with van der Waals surface area (Å²) in [6.45, 7) is 25.7. The number of rotatable bonds is 20. The lowest BCUT2D eigenvalue weighted by atomic mass is 10.0. The van der Waals surface area contributed by atoms with Crippen molar-refractivity contribution in [1.82, 2.24) is 31.5 Å². The van der Waals surface area contributed by atoms with Gasteiger partial charge >= 0.3 is 0 Å². The smallest absolute Gasteiger partial charge is 0.194 e. The fourth-order valence-electron chi connectivity index (χ4n) is 5.80. The molecule has 8 heteroatoms. The number of hydrogen-bond donors (Lipinski definition) is 6. The second-order valence-electron chi connectivity index (χ2n) is 12.4. The molecule has 1 aliphatic rings. The van der Waals surface area contributed by atoms with E-state index in [1.165, 1.54) is 27.8 Å². The topological polar surface area (TPSA) is 102 Å². The number of hydrogen-bond acceptors (Lipinski definition) is 6. The summed E-state index contributed by atoms with van der Waals surface area (Å²) in [5.74, 6) is 0.946. The molecule has 2 unspecified atom stereocenters. The van der Waals surface area contributed by atoms with Crippen LogP contribution in [0.15, 0.2) is 133 Å². The second-order valence-corrected chi connectivity index (χ2v) is 12.4. The van der Waals surface area contributed by atoms with Gasteiger partial charge in [-0.05, 0) is 48.4 Å². The molecule has 254 valence electrons. The summed E-state index contributed by atoms with van der Waals surface area (Å²) in [5.41, 5.74) is 15.5. The number of nitrogens with zero attached hydrogens (tertiary/aromatic N) is 2. The quantitative estimate of drug-likeness (QED) is 0.0502. The molecular formula is C40H54N8. The molecule has 0 aromatic heterocycles. The third kappa shape index (κ3) is 11.1. The zero-order valence-corrected chi connectivity index (χ0v) is 28.8. The zero-order chi connectivity index (χ0) is 34.3. The highest BCUT2D eigenvalue weighted by atomic mass is 15.2. The molecule has 0 saturated carbocycles. The van der Waals surface area contributed by atoms with Gasteiger partial charge in [0.25, 0.3) is 0 Å². The van der Waals surface area contributed by atoms with Crippen LogP contribution in [0.5, 0.6) is 0 Å². The minimum atomic E-state index is -0.0643. The molecule has 3 aromatic carbocycles. The van der Waals surface area contributed by atoms with Crippen LogP contribution in [-0.2, 0) is 19.6 Å². The molecule has 0 radical (unpaired) electrons. The van der Waals surface area contributed by atoms with E-state index in [1.54, 1.807) is 0 Å². The first-order valence-electron chi connectivity index (χ1n) is 16.9. The molecule has 1 aliphatic heterocycles. The van der Waals surface area contributed by atoms with Gasteiger partial charge in [0.05, 0.1) is 17.9 Å². The molecule has 0 amide bonds. The Morgan fingerprint density at radius 1 is 0.833 bits per heavy atom. The number of benzene rings is 3. The molecule has 0 fully saturated rings. The van der Waals surface area contributed by atoms with Gasteiger partial charge in [-0.3, -0.25) is 9.89 Å². The number of nitrogens with two attached hydrogens (primary N) is 1. The van der Waals surface area contributed by atoms with Crippen LogP contribution in [0.4, 0.5) is 0 Å². The SMILES string of the molecule is C=C(CC)NCCNC(=C)NC(N)=NCCCC(NC(=C)C(c1ccccc1)N1Cc2ccccc2C1)C(=C)NCc1ccc(C)cc1. The van der Waals surface area contributed by atoms with Crippen molar-refractivity contribution in [1.29, 1.82) is 0 Å². The maximum absolute atomic E-state index is 6.18. The van der Waals surface area contributed by atoms with E-state index in [0.717, 1.165) is 56.0 Å². The molecule has 8 nitrogen and oxygen atoms in total. The summed E-state index contributed by atoms with van der Waals surface area (Å²) in [6.07, 6.45) is 2.50. The molecule has 3 aromatic rings. The first-order chi connectivity index (χ1) is 23.2. The summed E-state index contributed by atoms with van der Waals surface area (Å²) in [4.78, 5) is 7.05. The van der Waals surface area contributed by atoms with Crippen LogP contribution in [0.25, 0.3) is 0 Å². The predicted molar refractivity (Wildman–Crippen MR) is 202 cm³/mol. The van der Waals surface area contributed by atoms with E-state index in [-0.39, 0.29) is 12.1 Å². The van der Waals surface area contributed by atoms with Gasteiger partial charge in [-0.1, -0.05) is 118 Å². The van der Waals surface area contributed by atoms with E-state index in [2.05, 4.69) is 156 Å². The van der Waals surface area contributed by atoms with Gasteiger partial charge in [0.15, 0.2) is 5.96 Å². The Morgan fingerprint density at radius 3 is 2.15 bits per heavy atom. The van der Waals surface area contributed by atoms with Crippen LogP contribution >= 0.6 is 0 Å². The lowest BCUT2D eigenvalue weighted by Gasteiger charge is -2.33. The van der Waals surface area contributed by atoms with Crippen LogP contribution in [0.3, 0.4) is 0 Å². The lowest BCUT2D eigenvalue weighted by Crippen LogP contribution is -2.40. The first kappa shape index (κ1) is 35.9. The third-order valence-corrected chi connectivity index (χ3v) is 8.57. The van der Waals surface area contributed by atoms with Crippen LogP contribution < -0.4 is 32.3 Å². The Labute approximate surface area is 288 Å². The Balaban J connectivity index is 1.39. The summed E-state index contributed by atoms with van der Waals surface area (Å²) < 4.78 is 0. The number of aryl methyl sites for hydroxylation is 1. The van der Waals surface area contributed by atoms with Crippen LogP contribution in [0.2, 0.25) is 0 Å². The van der Waals surface area contributed by atoms with E-state index in [9.17, 15) is 0 Å². The minimum absolute atomic E-state index is 0.00221. The van der Waals surface area contributed by atoms with Crippen LogP contribution in [0, 0.1) is 6.92 Å². The Hall–Kier alpha value is -4.95. The highest BCUT2D eigenvalue weighted by Crippen LogP contribution is 2.35. The summed E-state index contributed by atoms with van der Waals surface area (Å²) in [7, 11) is 0. The normalized spacial score (nSPS) is 13.9. The lowest BCUT2D eigenvalue weighted by molar-refractivity contribution is 0.218. The Morgan fingerprint density at radius 2 is 1.48 bits per heavy atom. The second kappa shape index (κ2) is 18.4. The minimum Gasteiger partial charge on any atom is -0.387 e. The maximum Gasteiger partial charge on any atom is 0.194 e. The van der Waals surface area contributed by atoms with Crippen molar-refractivity contribution >= 4 is 5.96 Å². The number of nitrogens with one attached hydrogen (secondary N) is 5. The van der Waals surface area contributed by atoms with Gasteiger partial charge in [0.2, 0.25) is 0 Å². The predicted octanol–water partition coefficient (Wildman–Crippen LogP) is 6.09. The summed E-state index contributed by atoms with van der Waals surface area (Å²) >= 11 is 0. The van der Waals surface area contributed by atoms with Crippen LogP contribution in [-0.4, -0.2) is 36.5 Å². The molecule has 4 rings (SSSR count). The number of allylic oxidation sites excluding steroid dienone is 1. The molecule has 48 heavy (non-hydrogen) atoms. The van der Waals surface area contributed by atoms with Crippen molar-refractivity contribution in [2.75, 3.05) is 19.6 Å². The molecule has 1 heterocycles. The van der Waals surface area contributed by atoms with Crippen LogP contribution in [0.1, 0.15) is 60.0 Å². The molecule has 0 saturated heterocycles. The molecule has 0 spiro atoms. The number of aliphatic imine (C=N–C) groups is 1. The zero-order valence-electron chi connectivity index (χ0n) is 28.8. The molecular weight excluding hydrogens is 592 g/mol. The van der Waals surface area contributed by atoms with Gasteiger partial charge in [0, 0.05) is 56.4 Å². The van der Waals surface area contributed by atoms with Gasteiger partial charge < -0.3 is 32.3 Å². The van der Waals surface area contributed by atoms with Gasteiger partial charge in [-0.15, -0.1) is 0 Å². The van der Waals surface area contributed by atoms with Gasteiger partial charge in [-0.2, -0.15) is 0 Å². The average molecular weight is 647 g/mol. The molecule has 2 atom stereocenters. The van der Waals surface area contributed by atoms with Crippen molar-refractivity contribution < 1.29 is 0 Å². The van der Waals surface area contributed by atoms with Crippen molar-refractivity contribution in [2.45, 2.75) is 64.8 Å². The first-order valence-corrected chi connectivity index (χ1v) is 16.9. The van der Waals surface area contributed by atoms with Gasteiger partial charge in [-0.25, -0.2) is 0 Å². The number of fused-ring (bicyclic) bond motifs is 1. The van der Waals surface area contributed by atoms with E-state index in [0.29, 0.717) is 31.4 Å². The monoisotopic (exact) mass is 646 g/mol. The Bertz CT molecular complexity index is 1520. The summed E-state index contributed by atoms with van der Waals surface area (Å²) in [6, 6.07) is 27.8. The van der Waals surface area contributed by atoms with Crippen molar-refractivity contribution in [3.05, 3.63) is 156 Å². The molecule has 0 bridgehead atoms. The third-order valence-electron chi connectivity index (χ3n) is 8.57. The van der Waals surface area contributed by atoms with E-state index < -0.39 is 0 Å². The van der Waals surface area contributed by atoms with Crippen molar-refractivity contribution in [3.8, 4) is 0 Å². The highest BCUT2D eigenvalue weighted by molar-refractivity contribution is 5.79. The fourth-order valence-corrected chi connectivity index (χ4v) is 5.80. The fraction of sp³-hybridized carbons (Fsp3) is 0.325. The maximum atomic E-state index is 6.18. The average Bonchev–Trinajstić information content (AvgIpc) is 3.51. The highest BCUT2D eigenvalue weighted by Gasteiger charge is 2.30. The van der Waals surface area contributed by atoms with Gasteiger partial charge in [0.1, 0.15) is 0 Å². The van der Waals surface area contributed by atoms with Crippen molar-refractivity contribution in [3.63, 3.8) is 0 Å². The molecule has 0 aliphatic carbocycles. The van der Waals surface area contributed by atoms with Crippen molar-refractivity contribution in [2.24, 2.45) is 10.7 Å². The summed E-state index contributed by atoms with van der Waals surface area (Å²) in [5, 5.41) is 16.9. The standard InChI is InChI=1S/C40H54N8/c1-7-30(3)42-24-25-43-33(6)47-40(41)44-23-13-18-38(31(4)45-26-34-21-19-29(2)20-22-34)46-32(5)39(35-14-9-8-10-15-35)48-27-36-16-11-12-17-37(36)28-48/h8-12,14-17,19-22,38-39,42-43,45-46H,3-7,13,18,23-28H2,1-2H3,(H3,41,44,47). The largest absolute Gasteiger partial charge is 0.387 e. The van der Waals surface area contributed by atoms with E-state index in [4.69, 9.17) is 5.73 Å². The number of guanidine groups is 1.